The van der Waals surface area contributed by atoms with Gasteiger partial charge in [0, 0.05) is 24.7 Å². The standard InChI is InChI=1S/C10H19N3O2S/c1-10(9-13-7-3-6-12-13)11-5-4-8-16(2,14)15/h3,6-7,10-11H,4-5,8-9H2,1-2H3/t10-/m0/s1. The van der Waals surface area contributed by atoms with E-state index in [9.17, 15) is 8.42 Å². The van der Waals surface area contributed by atoms with Crippen LogP contribution >= 0.6 is 0 Å². The Kier molecular flexibility index (Phi) is 4.95. The molecule has 0 fully saturated rings. The Hall–Kier alpha value is -0.880. The minimum atomic E-state index is -2.83. The smallest absolute Gasteiger partial charge is 0.147 e. The lowest BCUT2D eigenvalue weighted by atomic mass is 10.3. The van der Waals surface area contributed by atoms with E-state index >= 15 is 0 Å². The van der Waals surface area contributed by atoms with E-state index in [1.54, 1.807) is 6.20 Å². The zero-order chi connectivity index (χ0) is 12.0. The van der Waals surface area contributed by atoms with Gasteiger partial charge in [-0.1, -0.05) is 0 Å². The fourth-order valence-electron chi connectivity index (χ4n) is 1.44. The van der Waals surface area contributed by atoms with E-state index < -0.39 is 9.84 Å². The summed E-state index contributed by atoms with van der Waals surface area (Å²) in [5, 5.41) is 7.37. The van der Waals surface area contributed by atoms with Crippen LogP contribution in [0.25, 0.3) is 0 Å². The van der Waals surface area contributed by atoms with E-state index in [2.05, 4.69) is 17.3 Å². The summed E-state index contributed by atoms with van der Waals surface area (Å²) in [4.78, 5) is 0. The summed E-state index contributed by atoms with van der Waals surface area (Å²) in [5.74, 6) is 0.245. The molecule has 0 aliphatic heterocycles. The Morgan fingerprint density at radius 1 is 1.50 bits per heavy atom. The van der Waals surface area contributed by atoms with Crippen molar-refractivity contribution in [2.45, 2.75) is 25.9 Å². The minimum absolute atomic E-state index is 0.245. The van der Waals surface area contributed by atoms with E-state index in [-0.39, 0.29) is 5.75 Å². The third-order valence-corrected chi connectivity index (χ3v) is 3.24. The average Bonchev–Trinajstić information content (AvgIpc) is 2.63. The fraction of sp³-hybridized carbons (Fsp3) is 0.700. The van der Waals surface area contributed by atoms with Crippen LogP contribution in [-0.4, -0.2) is 42.8 Å². The summed E-state index contributed by atoms with van der Waals surface area (Å²) in [6.07, 6.45) is 5.58. The molecule has 0 aromatic carbocycles. The predicted octanol–water partition coefficient (Wildman–Crippen LogP) is 0.296. The van der Waals surface area contributed by atoms with Gasteiger partial charge in [0.15, 0.2) is 0 Å². The molecule has 1 heterocycles. The Bertz CT molecular complexity index is 386. The van der Waals surface area contributed by atoms with Crippen LogP contribution in [0.4, 0.5) is 0 Å². The van der Waals surface area contributed by atoms with Crippen LogP contribution in [0, 0.1) is 0 Å². The molecule has 6 heteroatoms. The van der Waals surface area contributed by atoms with E-state index in [0.717, 1.165) is 13.1 Å². The van der Waals surface area contributed by atoms with Gasteiger partial charge >= 0.3 is 0 Å². The molecule has 0 aliphatic carbocycles. The molecule has 1 rings (SSSR count). The summed E-state index contributed by atoms with van der Waals surface area (Å²) >= 11 is 0. The van der Waals surface area contributed by atoms with Gasteiger partial charge in [-0.2, -0.15) is 5.10 Å². The maximum absolute atomic E-state index is 10.9. The molecule has 0 bridgehead atoms. The molecular weight excluding hydrogens is 226 g/mol. The van der Waals surface area contributed by atoms with Gasteiger partial charge in [0.25, 0.3) is 0 Å². The van der Waals surface area contributed by atoms with Crippen molar-refractivity contribution < 1.29 is 8.42 Å². The topological polar surface area (TPSA) is 64.0 Å². The predicted molar refractivity (Wildman–Crippen MR) is 64.0 cm³/mol. The number of nitrogens with one attached hydrogen (secondary N) is 1. The van der Waals surface area contributed by atoms with Crippen LogP contribution in [0.3, 0.4) is 0 Å². The first-order valence-electron chi connectivity index (χ1n) is 5.36. The zero-order valence-electron chi connectivity index (χ0n) is 9.76. The van der Waals surface area contributed by atoms with Crippen molar-refractivity contribution >= 4 is 9.84 Å². The van der Waals surface area contributed by atoms with Crippen molar-refractivity contribution in [3.8, 4) is 0 Å². The minimum Gasteiger partial charge on any atom is -0.312 e. The molecule has 1 N–H and O–H groups in total. The molecule has 1 aromatic rings. The third-order valence-electron chi connectivity index (χ3n) is 2.20. The average molecular weight is 245 g/mol. The Morgan fingerprint density at radius 2 is 2.25 bits per heavy atom. The van der Waals surface area contributed by atoms with Crippen LogP contribution in [0.5, 0.6) is 0 Å². The largest absolute Gasteiger partial charge is 0.312 e. The van der Waals surface area contributed by atoms with Gasteiger partial charge in [-0.05, 0) is 26.0 Å². The number of aromatic nitrogens is 2. The molecule has 16 heavy (non-hydrogen) atoms. The second kappa shape index (κ2) is 6.00. The lowest BCUT2D eigenvalue weighted by Crippen LogP contribution is -2.32. The van der Waals surface area contributed by atoms with Crippen molar-refractivity contribution in [3.05, 3.63) is 18.5 Å². The lowest BCUT2D eigenvalue weighted by molar-refractivity contribution is 0.452. The summed E-state index contributed by atoms with van der Waals surface area (Å²) < 4.78 is 23.6. The van der Waals surface area contributed by atoms with Crippen LogP contribution in [0.2, 0.25) is 0 Å². The number of rotatable bonds is 7. The third kappa shape index (κ3) is 5.87. The van der Waals surface area contributed by atoms with Gasteiger partial charge < -0.3 is 5.32 Å². The molecule has 0 aliphatic rings. The Labute approximate surface area is 96.8 Å². The molecule has 0 radical (unpaired) electrons. The molecule has 0 saturated heterocycles. The summed E-state index contributed by atoms with van der Waals surface area (Å²) in [7, 11) is -2.83. The van der Waals surface area contributed by atoms with Crippen LogP contribution < -0.4 is 5.32 Å². The van der Waals surface area contributed by atoms with E-state index in [0.29, 0.717) is 12.5 Å². The Morgan fingerprint density at radius 3 is 2.81 bits per heavy atom. The van der Waals surface area contributed by atoms with E-state index in [1.165, 1.54) is 6.26 Å². The van der Waals surface area contributed by atoms with Crippen molar-refractivity contribution in [1.82, 2.24) is 15.1 Å². The highest BCUT2D eigenvalue weighted by molar-refractivity contribution is 7.90. The van der Waals surface area contributed by atoms with Gasteiger partial charge in [-0.3, -0.25) is 4.68 Å². The normalized spacial score (nSPS) is 13.9. The van der Waals surface area contributed by atoms with Crippen LogP contribution in [0.15, 0.2) is 18.5 Å². The summed E-state index contributed by atoms with van der Waals surface area (Å²) in [6, 6.07) is 2.18. The highest BCUT2D eigenvalue weighted by atomic mass is 32.2. The van der Waals surface area contributed by atoms with Crippen LogP contribution in [-0.2, 0) is 16.4 Å². The van der Waals surface area contributed by atoms with Crippen molar-refractivity contribution in [1.29, 1.82) is 0 Å². The summed E-state index contributed by atoms with van der Waals surface area (Å²) in [6.45, 7) is 3.57. The van der Waals surface area contributed by atoms with Crippen molar-refractivity contribution in [3.63, 3.8) is 0 Å². The number of sulfone groups is 1. The molecular formula is C10H19N3O2S. The number of hydrogen-bond acceptors (Lipinski definition) is 4. The quantitative estimate of drug-likeness (QED) is 0.702. The van der Waals surface area contributed by atoms with Gasteiger partial charge in [0.2, 0.25) is 0 Å². The van der Waals surface area contributed by atoms with Crippen molar-refractivity contribution in [2.24, 2.45) is 0 Å². The molecule has 0 spiro atoms. The molecule has 5 nitrogen and oxygen atoms in total. The highest BCUT2D eigenvalue weighted by Crippen LogP contribution is 1.92. The van der Waals surface area contributed by atoms with Gasteiger partial charge in [-0.15, -0.1) is 0 Å². The molecule has 0 saturated carbocycles. The SMILES string of the molecule is C[C@@H](Cn1cccn1)NCCCS(C)(=O)=O. The fourth-order valence-corrected chi connectivity index (χ4v) is 2.11. The molecule has 1 atom stereocenters. The summed E-state index contributed by atoms with van der Waals surface area (Å²) in [5.41, 5.74) is 0. The first-order valence-corrected chi connectivity index (χ1v) is 7.42. The first-order chi connectivity index (χ1) is 7.47. The zero-order valence-corrected chi connectivity index (χ0v) is 10.6. The maximum Gasteiger partial charge on any atom is 0.147 e. The van der Waals surface area contributed by atoms with Gasteiger partial charge in [0.1, 0.15) is 9.84 Å². The Balaban J connectivity index is 2.14. The first kappa shape index (κ1) is 13.2. The van der Waals surface area contributed by atoms with E-state index in [1.807, 2.05) is 16.9 Å². The number of hydrogen-bond donors (Lipinski definition) is 1. The molecule has 0 unspecified atom stereocenters. The van der Waals surface area contributed by atoms with Crippen molar-refractivity contribution in [2.75, 3.05) is 18.6 Å². The maximum atomic E-state index is 10.9. The van der Waals surface area contributed by atoms with Gasteiger partial charge in [0.05, 0.1) is 12.3 Å². The monoisotopic (exact) mass is 245 g/mol. The van der Waals surface area contributed by atoms with Crippen LogP contribution in [0.1, 0.15) is 13.3 Å². The molecule has 1 aromatic heterocycles. The molecule has 92 valence electrons. The van der Waals surface area contributed by atoms with Gasteiger partial charge in [-0.25, -0.2) is 8.42 Å². The van der Waals surface area contributed by atoms with E-state index in [4.69, 9.17) is 0 Å². The lowest BCUT2D eigenvalue weighted by Gasteiger charge is -2.13. The second-order valence-corrected chi connectivity index (χ2v) is 6.33. The molecule has 0 amide bonds. The second-order valence-electron chi connectivity index (χ2n) is 4.07. The number of nitrogens with zero attached hydrogens (tertiary/aromatic N) is 2. The highest BCUT2D eigenvalue weighted by Gasteiger charge is 2.04.